The predicted molar refractivity (Wildman–Crippen MR) is 86.1 cm³/mol. The highest BCUT2D eigenvalue weighted by Gasteiger charge is 2.66. The normalized spacial score (nSPS) is 25.7. The average Bonchev–Trinajstić information content (AvgIpc) is 2.55. The average molecular weight is 423 g/mol. The molecular weight excluding hydrogens is 408 g/mol. The lowest BCUT2D eigenvalue weighted by molar-refractivity contribution is -0.192. The summed E-state index contributed by atoms with van der Waals surface area (Å²) in [7, 11) is 1.27. The third kappa shape index (κ3) is 3.03. The molecule has 24 heavy (non-hydrogen) atoms. The second-order valence-electron chi connectivity index (χ2n) is 5.00. The number of rotatable bonds is 6. The van der Waals surface area contributed by atoms with E-state index in [0.717, 1.165) is 4.90 Å². The largest absolute Gasteiger partial charge is 0.477 e. The number of nitrogens with one attached hydrogen (secondary N) is 1. The van der Waals surface area contributed by atoms with E-state index in [4.69, 9.17) is 9.47 Å². The van der Waals surface area contributed by atoms with E-state index >= 15 is 0 Å². The maximum Gasteiger partial charge on any atom is 0.352 e. The monoisotopic (exact) mass is 422 g/mol. The van der Waals surface area contributed by atoms with Crippen LogP contribution in [0.5, 0.6) is 0 Å². The number of thioether (sulfide) groups is 1. The molecule has 0 aromatic heterocycles. The summed E-state index contributed by atoms with van der Waals surface area (Å²) in [5, 5.41) is 11.2. The first kappa shape index (κ1) is 18.7. The quantitative estimate of drug-likeness (QED) is 0.258. The molecule has 11 heteroatoms. The summed E-state index contributed by atoms with van der Waals surface area (Å²) >= 11 is 4.20. The second kappa shape index (κ2) is 7.11. The van der Waals surface area contributed by atoms with Gasteiger partial charge in [-0.25, -0.2) is 4.79 Å². The van der Waals surface area contributed by atoms with Crippen LogP contribution >= 0.6 is 27.7 Å². The van der Waals surface area contributed by atoms with Crippen LogP contribution in [0.25, 0.3) is 0 Å². The van der Waals surface area contributed by atoms with Gasteiger partial charge in [-0.05, 0) is 0 Å². The fourth-order valence-electron chi connectivity index (χ4n) is 2.48. The van der Waals surface area contributed by atoms with E-state index in [1.165, 1.54) is 25.8 Å². The van der Waals surface area contributed by atoms with E-state index in [1.807, 2.05) is 0 Å². The lowest BCUT2D eigenvalue weighted by atomic mass is 9.98. The van der Waals surface area contributed by atoms with Crippen molar-refractivity contribution in [1.82, 2.24) is 10.2 Å². The molecule has 0 spiro atoms. The standard InChI is InChI=1S/C13H15BrN2O7S/c1-6(17)23-4-7-5-24-12-13(22-2,15-8(18)3-14)11(21)16(12)9(7)10(19)20/h12H,3-5H2,1-2H3,(H,15,18)(H,19,20)/t12-,13+/m1/s1. The number of ether oxygens (including phenoxy) is 2. The Morgan fingerprint density at radius 2 is 2.17 bits per heavy atom. The van der Waals surface area contributed by atoms with Crippen LogP contribution in [0.2, 0.25) is 0 Å². The van der Waals surface area contributed by atoms with Gasteiger partial charge in [0.05, 0.1) is 5.33 Å². The van der Waals surface area contributed by atoms with Crippen molar-refractivity contribution < 1.29 is 33.8 Å². The van der Waals surface area contributed by atoms with Gasteiger partial charge in [-0.1, -0.05) is 15.9 Å². The van der Waals surface area contributed by atoms with Crippen molar-refractivity contribution in [3.63, 3.8) is 0 Å². The van der Waals surface area contributed by atoms with Crippen molar-refractivity contribution in [2.24, 2.45) is 0 Å². The van der Waals surface area contributed by atoms with E-state index in [2.05, 4.69) is 21.2 Å². The van der Waals surface area contributed by atoms with E-state index < -0.39 is 34.9 Å². The van der Waals surface area contributed by atoms with Crippen LogP contribution in [0, 0.1) is 0 Å². The Kier molecular flexibility index (Phi) is 5.56. The minimum atomic E-state index is -1.61. The summed E-state index contributed by atoms with van der Waals surface area (Å²) in [5.74, 6) is -2.79. The summed E-state index contributed by atoms with van der Waals surface area (Å²) in [5.41, 5.74) is -1.54. The van der Waals surface area contributed by atoms with Crippen LogP contribution in [-0.4, -0.2) is 69.7 Å². The summed E-state index contributed by atoms with van der Waals surface area (Å²) in [6.07, 6.45) is 0. The van der Waals surface area contributed by atoms with Gasteiger partial charge < -0.3 is 19.9 Å². The molecule has 2 amide bonds. The molecule has 0 bridgehead atoms. The smallest absolute Gasteiger partial charge is 0.352 e. The van der Waals surface area contributed by atoms with Crippen LogP contribution in [0.15, 0.2) is 11.3 Å². The third-order valence-electron chi connectivity index (χ3n) is 3.53. The van der Waals surface area contributed by atoms with Crippen molar-refractivity contribution in [3.8, 4) is 0 Å². The lowest BCUT2D eigenvalue weighted by Gasteiger charge is -2.55. The number of amides is 2. The maximum atomic E-state index is 12.6. The molecule has 2 atom stereocenters. The molecular formula is C13H15BrN2O7S. The SMILES string of the molecule is CO[C@@]1(NC(=O)CBr)C(=O)N2C(C(=O)O)=C(COC(C)=O)CS[C@@H]21. The van der Waals surface area contributed by atoms with Crippen LogP contribution in [-0.2, 0) is 28.7 Å². The topological polar surface area (TPSA) is 122 Å². The Balaban J connectivity index is 2.32. The number of methoxy groups -OCH3 is 1. The number of halogens is 1. The number of fused-ring (bicyclic) bond motifs is 1. The summed E-state index contributed by atoms with van der Waals surface area (Å²) in [4.78, 5) is 47.8. The number of carbonyl (C=O) groups is 4. The summed E-state index contributed by atoms with van der Waals surface area (Å²) in [6, 6.07) is 0. The molecule has 2 aliphatic rings. The zero-order chi connectivity index (χ0) is 18.1. The minimum Gasteiger partial charge on any atom is -0.477 e. The molecule has 2 rings (SSSR count). The molecule has 2 heterocycles. The zero-order valence-electron chi connectivity index (χ0n) is 12.8. The number of carboxylic acids is 1. The number of nitrogens with zero attached hydrogens (tertiary/aromatic N) is 1. The molecule has 2 aliphatic heterocycles. The van der Waals surface area contributed by atoms with Crippen LogP contribution < -0.4 is 5.32 Å². The van der Waals surface area contributed by atoms with Gasteiger partial charge in [-0.2, -0.15) is 0 Å². The summed E-state index contributed by atoms with van der Waals surface area (Å²) < 4.78 is 10.1. The number of β-lactam (4-membered cyclic amide) rings is 1. The molecule has 0 saturated carbocycles. The number of hydrogen-bond donors (Lipinski definition) is 2. The first-order valence-electron chi connectivity index (χ1n) is 6.74. The predicted octanol–water partition coefficient (Wildman–Crippen LogP) is -0.343. The van der Waals surface area contributed by atoms with Crippen molar-refractivity contribution >= 4 is 51.4 Å². The minimum absolute atomic E-state index is 0.0257. The van der Waals surface area contributed by atoms with Gasteiger partial charge in [0.2, 0.25) is 5.91 Å². The molecule has 0 aliphatic carbocycles. The molecule has 0 aromatic rings. The Labute approximate surface area is 149 Å². The Morgan fingerprint density at radius 1 is 1.50 bits per heavy atom. The highest BCUT2D eigenvalue weighted by atomic mass is 79.9. The van der Waals surface area contributed by atoms with Gasteiger partial charge in [0, 0.05) is 25.4 Å². The highest BCUT2D eigenvalue weighted by molar-refractivity contribution is 9.09. The Hall–Kier alpha value is -1.59. The van der Waals surface area contributed by atoms with Crippen LogP contribution in [0.4, 0.5) is 0 Å². The number of alkyl halides is 1. The number of esters is 1. The number of hydrogen-bond acceptors (Lipinski definition) is 7. The molecule has 1 fully saturated rings. The second-order valence-corrected chi connectivity index (χ2v) is 6.63. The fourth-order valence-corrected chi connectivity index (χ4v) is 4.04. The third-order valence-corrected chi connectivity index (χ3v) is 5.41. The Bertz CT molecular complexity index is 638. The molecule has 2 N–H and O–H groups in total. The van der Waals surface area contributed by atoms with E-state index in [-0.39, 0.29) is 23.4 Å². The maximum absolute atomic E-state index is 12.6. The number of aliphatic carboxylic acids is 1. The number of carboxylic acid groups (broad SMARTS) is 1. The Morgan fingerprint density at radius 3 is 2.67 bits per heavy atom. The van der Waals surface area contributed by atoms with Gasteiger partial charge in [-0.15, -0.1) is 11.8 Å². The molecule has 0 unspecified atom stereocenters. The van der Waals surface area contributed by atoms with Gasteiger partial charge >= 0.3 is 11.9 Å². The van der Waals surface area contributed by atoms with Crippen LogP contribution in [0.3, 0.4) is 0 Å². The van der Waals surface area contributed by atoms with Gasteiger partial charge in [0.15, 0.2) is 0 Å². The molecule has 1 saturated heterocycles. The van der Waals surface area contributed by atoms with Crippen molar-refractivity contribution in [2.45, 2.75) is 18.0 Å². The van der Waals surface area contributed by atoms with Gasteiger partial charge in [0.25, 0.3) is 11.6 Å². The molecule has 132 valence electrons. The van der Waals surface area contributed by atoms with E-state index in [1.54, 1.807) is 0 Å². The first-order valence-corrected chi connectivity index (χ1v) is 8.91. The molecule has 0 radical (unpaired) electrons. The summed E-state index contributed by atoms with van der Waals surface area (Å²) in [6.45, 7) is 0.995. The number of carbonyl (C=O) groups excluding carboxylic acids is 3. The van der Waals surface area contributed by atoms with Crippen molar-refractivity contribution in [3.05, 3.63) is 11.3 Å². The van der Waals surface area contributed by atoms with E-state index in [0.29, 0.717) is 5.57 Å². The zero-order valence-corrected chi connectivity index (χ0v) is 15.2. The molecule has 9 nitrogen and oxygen atoms in total. The highest BCUT2D eigenvalue weighted by Crippen LogP contribution is 2.46. The van der Waals surface area contributed by atoms with Crippen molar-refractivity contribution in [2.75, 3.05) is 24.8 Å². The van der Waals surface area contributed by atoms with Crippen molar-refractivity contribution in [1.29, 1.82) is 0 Å². The van der Waals surface area contributed by atoms with E-state index in [9.17, 15) is 24.3 Å². The molecule has 0 aromatic carbocycles. The van der Waals surface area contributed by atoms with Gasteiger partial charge in [0.1, 0.15) is 17.7 Å². The van der Waals surface area contributed by atoms with Gasteiger partial charge in [-0.3, -0.25) is 19.3 Å². The first-order chi connectivity index (χ1) is 11.3. The fraction of sp³-hybridized carbons (Fsp3) is 0.538. The van der Waals surface area contributed by atoms with Crippen LogP contribution in [0.1, 0.15) is 6.92 Å². The lowest BCUT2D eigenvalue weighted by Crippen LogP contribution is -2.80.